The molecule has 212 valence electrons. The molecule has 40 heavy (non-hydrogen) atoms. The number of hydrogen-bond acceptors (Lipinski definition) is 10. The van der Waals surface area contributed by atoms with Crippen molar-refractivity contribution in [3.05, 3.63) is 70.1 Å². The van der Waals surface area contributed by atoms with Gasteiger partial charge in [-0.25, -0.2) is 16.8 Å². The molecule has 2 aliphatic heterocycles. The average Bonchev–Trinajstić information content (AvgIpc) is 3.34. The number of fused-ring (bicyclic) bond motifs is 2. The van der Waals surface area contributed by atoms with Gasteiger partial charge in [0.2, 0.25) is 5.88 Å². The summed E-state index contributed by atoms with van der Waals surface area (Å²) < 4.78 is 79.1. The zero-order chi connectivity index (χ0) is 28.4. The maximum atomic E-state index is 11.2. The number of nitrogens with zero attached hydrogens (tertiary/aromatic N) is 2. The Hall–Kier alpha value is -1.48. The van der Waals surface area contributed by atoms with E-state index in [-0.39, 0.29) is 55.5 Å². The molecule has 4 rings (SSSR count). The van der Waals surface area contributed by atoms with Crippen molar-refractivity contribution in [3.8, 4) is 11.5 Å². The van der Waals surface area contributed by atoms with Crippen LogP contribution in [0.4, 0.5) is 11.4 Å². The summed E-state index contributed by atoms with van der Waals surface area (Å²) in [6.45, 7) is 2.38. The van der Waals surface area contributed by atoms with Crippen molar-refractivity contribution in [1.29, 1.82) is 0 Å². The topological polar surface area (TPSA) is 139 Å². The summed E-state index contributed by atoms with van der Waals surface area (Å²) >= 11 is 12.4. The largest absolute Gasteiger partial charge is 1.00 e. The van der Waals surface area contributed by atoms with Gasteiger partial charge >= 0.3 is 29.6 Å². The SMILES string of the molecule is CCC(/C=C1\Oc2ccc(Cl)cc2N1CCCS(=O)(=O)[O-])=C\C1Oc2ccc(Cl)cc2N1CCCS(=O)(=O)[O-].[Na+]. The third kappa shape index (κ3) is 8.76. The molecule has 2 heterocycles. The van der Waals surface area contributed by atoms with E-state index in [1.54, 1.807) is 47.4 Å². The smallest absolute Gasteiger partial charge is 0.748 e. The van der Waals surface area contributed by atoms with E-state index in [1.807, 2.05) is 17.9 Å². The Morgan fingerprint density at radius 1 is 0.925 bits per heavy atom. The van der Waals surface area contributed by atoms with Gasteiger partial charge in [0.15, 0.2) is 12.0 Å². The van der Waals surface area contributed by atoms with E-state index in [9.17, 15) is 25.9 Å². The van der Waals surface area contributed by atoms with Crippen molar-refractivity contribution in [2.45, 2.75) is 32.4 Å². The Balaban J connectivity index is 0.00000441. The fraction of sp³-hybridized carbons (Fsp3) is 0.360. The molecule has 0 fully saturated rings. The van der Waals surface area contributed by atoms with Crippen molar-refractivity contribution in [3.63, 3.8) is 0 Å². The molecule has 2 aromatic carbocycles. The first-order valence-electron chi connectivity index (χ1n) is 12.1. The Morgan fingerprint density at radius 3 is 2.10 bits per heavy atom. The molecule has 0 aliphatic carbocycles. The van der Waals surface area contributed by atoms with Gasteiger partial charge in [-0.15, -0.1) is 0 Å². The third-order valence-corrected chi connectivity index (χ3v) is 8.17. The van der Waals surface area contributed by atoms with Gasteiger partial charge in [-0.2, -0.15) is 0 Å². The third-order valence-electron chi connectivity index (χ3n) is 6.12. The molecule has 0 saturated heterocycles. The normalized spacial score (nSPS) is 17.8. The van der Waals surface area contributed by atoms with Crippen LogP contribution in [0.3, 0.4) is 0 Å². The molecule has 1 unspecified atom stereocenters. The van der Waals surface area contributed by atoms with Crippen LogP contribution in [0.5, 0.6) is 11.5 Å². The first-order chi connectivity index (χ1) is 18.3. The quantitative estimate of drug-likeness (QED) is 0.262. The molecule has 0 amide bonds. The van der Waals surface area contributed by atoms with E-state index >= 15 is 0 Å². The summed E-state index contributed by atoms with van der Waals surface area (Å²) in [4.78, 5) is 3.60. The van der Waals surface area contributed by atoms with E-state index in [2.05, 4.69) is 0 Å². The number of rotatable bonds is 11. The second-order valence-corrected chi connectivity index (χ2v) is 12.9. The number of benzene rings is 2. The van der Waals surface area contributed by atoms with Gasteiger partial charge in [0, 0.05) is 40.7 Å². The van der Waals surface area contributed by atoms with Gasteiger partial charge in [0.25, 0.3) is 0 Å². The van der Waals surface area contributed by atoms with Crippen molar-refractivity contribution in [1.82, 2.24) is 0 Å². The fourth-order valence-electron chi connectivity index (χ4n) is 4.35. The van der Waals surface area contributed by atoms with Crippen molar-refractivity contribution in [2.24, 2.45) is 0 Å². The van der Waals surface area contributed by atoms with Crippen LogP contribution >= 0.6 is 23.2 Å². The van der Waals surface area contributed by atoms with E-state index < -0.39 is 38.0 Å². The van der Waals surface area contributed by atoms with E-state index in [4.69, 9.17) is 32.7 Å². The van der Waals surface area contributed by atoms with Crippen LogP contribution in [0.2, 0.25) is 10.0 Å². The average molecular weight is 641 g/mol. The van der Waals surface area contributed by atoms with Gasteiger partial charge in [-0.3, -0.25) is 0 Å². The molecule has 0 radical (unpaired) electrons. The predicted molar refractivity (Wildman–Crippen MR) is 147 cm³/mol. The first-order valence-corrected chi connectivity index (χ1v) is 16.0. The van der Waals surface area contributed by atoms with Crippen molar-refractivity contribution in [2.75, 3.05) is 34.4 Å². The summed E-state index contributed by atoms with van der Waals surface area (Å²) in [5, 5.41) is 0.950. The van der Waals surface area contributed by atoms with Gasteiger partial charge in [0.1, 0.15) is 5.75 Å². The maximum absolute atomic E-state index is 11.2. The minimum absolute atomic E-state index is 0. The number of hydrogen-bond donors (Lipinski definition) is 0. The molecule has 1 atom stereocenters. The molecule has 2 aliphatic rings. The monoisotopic (exact) mass is 639 g/mol. The van der Waals surface area contributed by atoms with Crippen LogP contribution in [0.15, 0.2) is 60.0 Å². The molecule has 0 aromatic heterocycles. The van der Waals surface area contributed by atoms with Crippen LogP contribution < -0.4 is 48.8 Å². The number of anilines is 2. The zero-order valence-corrected chi connectivity index (χ0v) is 27.0. The molecule has 0 saturated carbocycles. The number of allylic oxidation sites excluding steroid dienone is 2. The molecular formula is C25H26Cl2N2NaO8S2-. The van der Waals surface area contributed by atoms with Crippen LogP contribution in [-0.4, -0.2) is 56.8 Å². The summed E-state index contributed by atoms with van der Waals surface area (Å²) in [5.74, 6) is 0.488. The predicted octanol–water partition coefficient (Wildman–Crippen LogP) is 1.47. The standard InChI is InChI=1S/C25H28Cl2N2O8S2.Na/c1-2-17(13-24-28(9-3-11-38(30,31)32)20-15-18(26)5-7-22(20)36-24)14-25-29(10-4-12-39(33,34)35)21-16-19(27)6-8-23(21)37-25;/h5-8,13-16,24H,2-4,9-12H2,1H3,(H,30,31,32)(H,33,34,35);/q;+1/p-2/b17-13+,25-14-;. The molecule has 0 N–H and O–H groups in total. The van der Waals surface area contributed by atoms with Gasteiger partial charge in [0.05, 0.1) is 31.6 Å². The second-order valence-electron chi connectivity index (χ2n) is 8.99. The summed E-state index contributed by atoms with van der Waals surface area (Å²) in [6, 6.07) is 10.2. The van der Waals surface area contributed by atoms with Gasteiger partial charge < -0.3 is 28.4 Å². The zero-order valence-electron chi connectivity index (χ0n) is 21.9. The molecule has 0 spiro atoms. The van der Waals surface area contributed by atoms with E-state index in [0.717, 1.165) is 5.57 Å². The Bertz CT molecular complexity index is 1520. The second kappa shape index (κ2) is 13.7. The first kappa shape index (κ1) is 33.0. The van der Waals surface area contributed by atoms with E-state index in [0.29, 0.717) is 45.2 Å². The molecule has 15 heteroatoms. The van der Waals surface area contributed by atoms with Crippen molar-refractivity contribution < 1.29 is 65.0 Å². The molecule has 2 aromatic rings. The Morgan fingerprint density at radius 2 is 1.50 bits per heavy atom. The number of ether oxygens (including phenoxy) is 2. The minimum atomic E-state index is -4.38. The Labute approximate surface area is 266 Å². The summed E-state index contributed by atoms with van der Waals surface area (Å²) in [7, 11) is -8.75. The number of halogens is 2. The molecular weight excluding hydrogens is 614 g/mol. The van der Waals surface area contributed by atoms with Gasteiger partial charge in [-0.05, 0) is 67.3 Å². The molecule has 0 bridgehead atoms. The van der Waals surface area contributed by atoms with Crippen LogP contribution in [-0.2, 0) is 20.2 Å². The van der Waals surface area contributed by atoms with Crippen LogP contribution in [0.1, 0.15) is 26.2 Å². The van der Waals surface area contributed by atoms with Gasteiger partial charge in [-0.1, -0.05) is 30.1 Å². The minimum Gasteiger partial charge on any atom is -0.748 e. The van der Waals surface area contributed by atoms with Crippen LogP contribution in [0, 0.1) is 0 Å². The van der Waals surface area contributed by atoms with Crippen LogP contribution in [0.25, 0.3) is 0 Å². The van der Waals surface area contributed by atoms with Crippen molar-refractivity contribution >= 4 is 54.8 Å². The fourth-order valence-corrected chi connectivity index (χ4v) is 5.65. The van der Waals surface area contributed by atoms with E-state index in [1.165, 1.54) is 0 Å². The Kier molecular flexibility index (Phi) is 11.3. The molecule has 10 nitrogen and oxygen atoms in total. The maximum Gasteiger partial charge on any atom is 1.00 e. The summed E-state index contributed by atoms with van der Waals surface area (Å²) in [5.41, 5.74) is 2.12. The summed E-state index contributed by atoms with van der Waals surface area (Å²) in [6.07, 6.45) is 3.78.